The molecule has 1 aliphatic heterocycles. The standard InChI is InChI=1S/C13H13ClN4O6S/c1-24-13(15-7-6-10(14)16-13)17-12(21)18-25(22,23)9-5-3-2-4-8(9)11(19)20/h2-7,15H,1H3,(H,19,20)(H2,17,18,21). The maximum atomic E-state index is 12.3. The molecule has 0 aromatic heterocycles. The lowest BCUT2D eigenvalue weighted by molar-refractivity contribution is -0.0394. The summed E-state index contributed by atoms with van der Waals surface area (Å²) in [6.07, 6.45) is 2.73. The number of aliphatic imine (C=N–C) groups is 1. The van der Waals surface area contributed by atoms with Gasteiger partial charge in [-0.15, -0.1) is 0 Å². The Labute approximate surface area is 147 Å². The van der Waals surface area contributed by atoms with Gasteiger partial charge in [0.2, 0.25) is 0 Å². The largest absolute Gasteiger partial charge is 0.478 e. The number of rotatable bonds is 5. The second kappa shape index (κ2) is 7.09. The zero-order valence-electron chi connectivity index (χ0n) is 12.7. The van der Waals surface area contributed by atoms with Gasteiger partial charge in [-0.1, -0.05) is 23.7 Å². The van der Waals surface area contributed by atoms with Crippen LogP contribution in [0.1, 0.15) is 10.4 Å². The summed E-state index contributed by atoms with van der Waals surface area (Å²) in [6, 6.07) is 3.63. The van der Waals surface area contributed by atoms with Gasteiger partial charge in [0.1, 0.15) is 10.1 Å². The minimum absolute atomic E-state index is 0.0000185. The van der Waals surface area contributed by atoms with E-state index in [1.807, 2.05) is 0 Å². The Kier molecular flexibility index (Phi) is 5.30. The number of carboxylic acids is 1. The highest BCUT2D eigenvalue weighted by atomic mass is 35.5. The number of halogens is 1. The summed E-state index contributed by atoms with van der Waals surface area (Å²) in [7, 11) is -3.26. The number of nitrogens with zero attached hydrogens (tertiary/aromatic N) is 1. The van der Waals surface area contributed by atoms with E-state index in [0.717, 1.165) is 12.1 Å². The maximum Gasteiger partial charge on any atom is 0.337 e. The Morgan fingerprint density at radius 2 is 2.04 bits per heavy atom. The third-order valence-electron chi connectivity index (χ3n) is 2.98. The molecule has 4 N–H and O–H groups in total. The molecule has 1 aliphatic rings. The first kappa shape index (κ1) is 18.7. The van der Waals surface area contributed by atoms with E-state index in [1.54, 1.807) is 4.72 Å². The van der Waals surface area contributed by atoms with Crippen molar-refractivity contribution in [2.45, 2.75) is 10.9 Å². The van der Waals surface area contributed by atoms with Crippen molar-refractivity contribution >= 4 is 38.8 Å². The van der Waals surface area contributed by atoms with Crippen molar-refractivity contribution in [2.24, 2.45) is 4.99 Å². The third kappa shape index (κ3) is 4.26. The van der Waals surface area contributed by atoms with E-state index in [9.17, 15) is 18.0 Å². The number of carboxylic acid groups (broad SMARTS) is 1. The predicted molar refractivity (Wildman–Crippen MR) is 87.6 cm³/mol. The van der Waals surface area contributed by atoms with Crippen LogP contribution in [-0.4, -0.2) is 43.8 Å². The zero-order chi connectivity index (χ0) is 18.7. The van der Waals surface area contributed by atoms with Crippen LogP contribution < -0.4 is 15.4 Å². The fourth-order valence-corrected chi connectivity index (χ4v) is 3.19. The molecule has 12 heteroatoms. The number of ether oxygens (including phenoxy) is 1. The van der Waals surface area contributed by atoms with Gasteiger partial charge in [-0.2, -0.15) is 4.99 Å². The molecule has 2 amide bonds. The molecule has 0 saturated heterocycles. The fourth-order valence-electron chi connectivity index (χ4n) is 1.90. The van der Waals surface area contributed by atoms with Gasteiger partial charge in [0.25, 0.3) is 10.0 Å². The Bertz CT molecular complexity index is 869. The van der Waals surface area contributed by atoms with Gasteiger partial charge in [0.05, 0.1) is 5.56 Å². The quantitative estimate of drug-likeness (QED) is 0.533. The number of carbonyl (C=O) groups is 2. The molecule has 0 fully saturated rings. The molecule has 1 aromatic rings. The first-order chi connectivity index (χ1) is 11.7. The molecule has 0 saturated carbocycles. The molecule has 1 aromatic carbocycles. The van der Waals surface area contributed by atoms with Gasteiger partial charge < -0.3 is 15.2 Å². The van der Waals surface area contributed by atoms with Crippen LogP contribution in [0.25, 0.3) is 0 Å². The number of benzene rings is 1. The lowest BCUT2D eigenvalue weighted by Gasteiger charge is -2.30. The molecule has 10 nitrogen and oxygen atoms in total. The predicted octanol–water partition coefficient (Wildman–Crippen LogP) is 0.385. The Hall–Kier alpha value is -2.63. The number of sulfonamides is 1. The molecule has 2 rings (SSSR count). The SMILES string of the molecule is COC1(NC(=O)NS(=O)(=O)c2ccccc2C(=O)O)N=C(Cl)C=CN1. The highest BCUT2D eigenvalue weighted by molar-refractivity contribution is 7.90. The monoisotopic (exact) mass is 388 g/mol. The third-order valence-corrected chi connectivity index (χ3v) is 4.58. The number of amides is 2. The lowest BCUT2D eigenvalue weighted by Crippen LogP contribution is -2.61. The summed E-state index contributed by atoms with van der Waals surface area (Å²) < 4.78 is 31.3. The molecule has 0 aliphatic carbocycles. The van der Waals surface area contributed by atoms with Crippen molar-refractivity contribution in [3.63, 3.8) is 0 Å². The maximum absolute atomic E-state index is 12.3. The van der Waals surface area contributed by atoms with Gasteiger partial charge in [0.15, 0.2) is 0 Å². The first-order valence-corrected chi connectivity index (χ1v) is 8.47. The molecular formula is C13H13ClN4O6S. The van der Waals surface area contributed by atoms with Gasteiger partial charge in [-0.05, 0) is 18.2 Å². The smallest absolute Gasteiger partial charge is 0.337 e. The van der Waals surface area contributed by atoms with Gasteiger partial charge >= 0.3 is 18.0 Å². The number of nitrogens with one attached hydrogen (secondary N) is 3. The highest BCUT2D eigenvalue weighted by Crippen LogP contribution is 2.16. The molecule has 134 valence electrons. The van der Waals surface area contributed by atoms with E-state index in [1.165, 1.54) is 31.5 Å². The second-order valence-corrected chi connectivity index (χ2v) is 6.66. The van der Waals surface area contributed by atoms with Crippen LogP contribution in [0.4, 0.5) is 4.79 Å². The number of hydrogen-bond acceptors (Lipinski definition) is 7. The minimum Gasteiger partial charge on any atom is -0.478 e. The van der Waals surface area contributed by atoms with Crippen molar-refractivity contribution in [2.75, 3.05) is 7.11 Å². The lowest BCUT2D eigenvalue weighted by atomic mass is 10.2. The Balaban J connectivity index is 2.23. The second-order valence-electron chi connectivity index (χ2n) is 4.62. The van der Waals surface area contributed by atoms with Gasteiger partial charge in [-0.3, -0.25) is 5.32 Å². The van der Waals surface area contributed by atoms with Crippen molar-refractivity contribution in [3.05, 3.63) is 42.1 Å². The molecule has 0 radical (unpaired) electrons. The summed E-state index contributed by atoms with van der Waals surface area (Å²) in [5.74, 6) is -3.26. The molecule has 0 spiro atoms. The minimum atomic E-state index is -4.46. The summed E-state index contributed by atoms with van der Waals surface area (Å²) in [6.45, 7) is 0. The van der Waals surface area contributed by atoms with Crippen LogP contribution in [-0.2, 0) is 14.8 Å². The van der Waals surface area contributed by atoms with Gasteiger partial charge in [-0.25, -0.2) is 22.7 Å². The topological polar surface area (TPSA) is 146 Å². The van der Waals surface area contributed by atoms with E-state index < -0.39 is 38.5 Å². The van der Waals surface area contributed by atoms with E-state index in [4.69, 9.17) is 21.4 Å². The number of urea groups is 1. The van der Waals surface area contributed by atoms with E-state index in [2.05, 4.69) is 15.6 Å². The summed E-state index contributed by atoms with van der Waals surface area (Å²) in [5, 5.41) is 13.8. The van der Waals surface area contributed by atoms with E-state index >= 15 is 0 Å². The number of hydrogen-bond donors (Lipinski definition) is 4. The van der Waals surface area contributed by atoms with E-state index in [-0.39, 0.29) is 5.17 Å². The molecule has 0 bridgehead atoms. The number of methoxy groups -OCH3 is 1. The van der Waals surface area contributed by atoms with Crippen LogP contribution in [0.15, 0.2) is 46.4 Å². The molecule has 1 atom stereocenters. The van der Waals surface area contributed by atoms with E-state index in [0.29, 0.717) is 0 Å². The van der Waals surface area contributed by atoms with Crippen molar-refractivity contribution in [3.8, 4) is 0 Å². The number of carbonyl (C=O) groups excluding carboxylic acids is 1. The zero-order valence-corrected chi connectivity index (χ0v) is 14.3. The molecule has 25 heavy (non-hydrogen) atoms. The summed E-state index contributed by atoms with van der Waals surface area (Å²) in [5.41, 5.74) is -0.482. The van der Waals surface area contributed by atoms with Gasteiger partial charge in [0, 0.05) is 13.3 Å². The molecule has 1 heterocycles. The number of aromatic carboxylic acids is 1. The Morgan fingerprint density at radius 1 is 1.36 bits per heavy atom. The summed E-state index contributed by atoms with van der Waals surface area (Å²) >= 11 is 5.74. The fraction of sp³-hybridized carbons (Fsp3) is 0.154. The van der Waals surface area contributed by atoms with Crippen molar-refractivity contribution in [1.82, 2.24) is 15.4 Å². The van der Waals surface area contributed by atoms with Crippen molar-refractivity contribution < 1.29 is 27.9 Å². The molecular weight excluding hydrogens is 376 g/mol. The molecule has 1 unspecified atom stereocenters. The van der Waals surface area contributed by atoms with Crippen LogP contribution in [0.3, 0.4) is 0 Å². The average molecular weight is 389 g/mol. The van der Waals surface area contributed by atoms with Crippen LogP contribution in [0.2, 0.25) is 0 Å². The van der Waals surface area contributed by atoms with Crippen LogP contribution in [0.5, 0.6) is 0 Å². The normalized spacial score (nSPS) is 19.5. The average Bonchev–Trinajstić information content (AvgIpc) is 2.54. The van der Waals surface area contributed by atoms with Crippen LogP contribution >= 0.6 is 11.6 Å². The number of allylic oxidation sites excluding steroid dienone is 1. The van der Waals surface area contributed by atoms with Crippen LogP contribution in [0, 0.1) is 0 Å². The first-order valence-electron chi connectivity index (χ1n) is 6.61. The van der Waals surface area contributed by atoms with Crippen molar-refractivity contribution in [1.29, 1.82) is 0 Å². The summed E-state index contributed by atoms with van der Waals surface area (Å²) in [4.78, 5) is 26.4. The highest BCUT2D eigenvalue weighted by Gasteiger charge is 2.34. The Morgan fingerprint density at radius 3 is 2.64 bits per heavy atom.